The van der Waals surface area contributed by atoms with Crippen LogP contribution in [-0.4, -0.2) is 39.4 Å². The van der Waals surface area contributed by atoms with Crippen LogP contribution in [0, 0.1) is 5.92 Å². The molecule has 1 aromatic carbocycles. The standard InChI is InChI=1S/C18H22N4O2/c1-21-12-16(20-13-21)7-8-19-18(24)15-9-17(23)22(11-15)10-14-5-3-2-4-6-14/h2-6,12-13,15H,7-11H2,1H3,(H,19,24). The summed E-state index contributed by atoms with van der Waals surface area (Å²) in [6.45, 7) is 1.60. The van der Waals surface area contributed by atoms with Crippen LogP contribution in [0.15, 0.2) is 42.9 Å². The van der Waals surface area contributed by atoms with E-state index >= 15 is 0 Å². The molecule has 0 saturated carbocycles. The summed E-state index contributed by atoms with van der Waals surface area (Å²) in [6.07, 6.45) is 4.67. The van der Waals surface area contributed by atoms with E-state index in [1.54, 1.807) is 11.2 Å². The SMILES string of the molecule is Cn1cnc(CCNC(=O)C2CC(=O)N(Cc3ccccc3)C2)c1. The molecule has 1 N–H and O–H groups in total. The fourth-order valence-corrected chi connectivity index (χ4v) is 2.96. The lowest BCUT2D eigenvalue weighted by Crippen LogP contribution is -2.34. The zero-order valence-corrected chi connectivity index (χ0v) is 13.8. The molecule has 0 spiro atoms. The highest BCUT2D eigenvalue weighted by Crippen LogP contribution is 2.20. The lowest BCUT2D eigenvalue weighted by Gasteiger charge is -2.16. The molecular weight excluding hydrogens is 304 g/mol. The average Bonchev–Trinajstić information content (AvgIpc) is 3.15. The van der Waals surface area contributed by atoms with E-state index in [0.29, 0.717) is 32.5 Å². The van der Waals surface area contributed by atoms with E-state index in [9.17, 15) is 9.59 Å². The van der Waals surface area contributed by atoms with Crippen LogP contribution >= 0.6 is 0 Å². The second-order valence-corrected chi connectivity index (χ2v) is 6.23. The third-order valence-electron chi connectivity index (χ3n) is 4.24. The van der Waals surface area contributed by atoms with Gasteiger partial charge in [0, 0.05) is 45.7 Å². The number of rotatable bonds is 6. The van der Waals surface area contributed by atoms with Gasteiger partial charge in [0.1, 0.15) is 0 Å². The van der Waals surface area contributed by atoms with Gasteiger partial charge in [0.2, 0.25) is 11.8 Å². The summed E-state index contributed by atoms with van der Waals surface area (Å²) in [5.41, 5.74) is 2.04. The Bertz CT molecular complexity index is 711. The molecule has 1 aromatic heterocycles. The highest BCUT2D eigenvalue weighted by Gasteiger charge is 2.33. The number of carbonyl (C=O) groups is 2. The minimum Gasteiger partial charge on any atom is -0.355 e. The first kappa shape index (κ1) is 16.2. The molecule has 1 aliphatic rings. The number of benzene rings is 1. The topological polar surface area (TPSA) is 67.2 Å². The van der Waals surface area contributed by atoms with Gasteiger partial charge in [-0.15, -0.1) is 0 Å². The molecule has 126 valence electrons. The Kier molecular flexibility index (Phi) is 4.93. The zero-order valence-electron chi connectivity index (χ0n) is 13.8. The Balaban J connectivity index is 1.47. The summed E-state index contributed by atoms with van der Waals surface area (Å²) in [4.78, 5) is 30.4. The molecule has 1 unspecified atom stereocenters. The molecule has 0 radical (unpaired) electrons. The molecule has 1 atom stereocenters. The summed E-state index contributed by atoms with van der Waals surface area (Å²) in [7, 11) is 1.92. The van der Waals surface area contributed by atoms with Gasteiger partial charge in [0.25, 0.3) is 0 Å². The normalized spacial score (nSPS) is 17.3. The summed E-state index contributed by atoms with van der Waals surface area (Å²) in [5.74, 6) is -0.261. The Labute approximate surface area is 141 Å². The second kappa shape index (κ2) is 7.29. The third-order valence-corrected chi connectivity index (χ3v) is 4.24. The summed E-state index contributed by atoms with van der Waals surface area (Å²) >= 11 is 0. The van der Waals surface area contributed by atoms with Crippen LogP contribution in [0.25, 0.3) is 0 Å². The van der Waals surface area contributed by atoms with Crippen LogP contribution in [0.3, 0.4) is 0 Å². The minimum atomic E-state index is -0.259. The van der Waals surface area contributed by atoms with E-state index < -0.39 is 0 Å². The molecule has 1 fully saturated rings. The number of hydrogen-bond donors (Lipinski definition) is 1. The van der Waals surface area contributed by atoms with Crippen molar-refractivity contribution in [2.75, 3.05) is 13.1 Å². The van der Waals surface area contributed by atoms with Gasteiger partial charge in [0.15, 0.2) is 0 Å². The van der Waals surface area contributed by atoms with Gasteiger partial charge in [-0.3, -0.25) is 9.59 Å². The van der Waals surface area contributed by atoms with Crippen LogP contribution in [-0.2, 0) is 29.6 Å². The van der Waals surface area contributed by atoms with Crippen molar-refractivity contribution in [3.05, 3.63) is 54.1 Å². The van der Waals surface area contributed by atoms with E-state index in [4.69, 9.17) is 0 Å². The number of aryl methyl sites for hydroxylation is 1. The van der Waals surface area contributed by atoms with Crippen LogP contribution in [0.4, 0.5) is 0 Å². The molecule has 2 aromatic rings. The number of hydrogen-bond acceptors (Lipinski definition) is 3. The molecule has 1 saturated heterocycles. The predicted molar refractivity (Wildman–Crippen MR) is 89.9 cm³/mol. The molecule has 6 nitrogen and oxygen atoms in total. The second-order valence-electron chi connectivity index (χ2n) is 6.23. The van der Waals surface area contributed by atoms with Crippen molar-refractivity contribution in [1.82, 2.24) is 19.8 Å². The number of carbonyl (C=O) groups excluding carboxylic acids is 2. The Hall–Kier alpha value is -2.63. The Morgan fingerprint density at radius 2 is 2.12 bits per heavy atom. The number of nitrogens with one attached hydrogen (secondary N) is 1. The number of nitrogens with zero attached hydrogens (tertiary/aromatic N) is 3. The fourth-order valence-electron chi connectivity index (χ4n) is 2.96. The molecular formula is C18H22N4O2. The van der Waals surface area contributed by atoms with Crippen molar-refractivity contribution < 1.29 is 9.59 Å². The van der Waals surface area contributed by atoms with Gasteiger partial charge < -0.3 is 14.8 Å². The van der Waals surface area contributed by atoms with Crippen LogP contribution in [0.5, 0.6) is 0 Å². The molecule has 2 heterocycles. The van der Waals surface area contributed by atoms with Gasteiger partial charge in [-0.25, -0.2) is 4.98 Å². The maximum absolute atomic E-state index is 12.3. The van der Waals surface area contributed by atoms with Gasteiger partial charge in [-0.05, 0) is 5.56 Å². The molecule has 1 aliphatic heterocycles. The summed E-state index contributed by atoms with van der Waals surface area (Å²) in [5, 5.41) is 2.92. The Morgan fingerprint density at radius 1 is 1.33 bits per heavy atom. The van der Waals surface area contributed by atoms with Crippen molar-refractivity contribution >= 4 is 11.8 Å². The number of imidazole rings is 1. The van der Waals surface area contributed by atoms with Gasteiger partial charge >= 0.3 is 0 Å². The van der Waals surface area contributed by atoms with Gasteiger partial charge in [-0.2, -0.15) is 0 Å². The monoisotopic (exact) mass is 326 g/mol. The average molecular weight is 326 g/mol. The minimum absolute atomic E-state index is 0.0451. The van der Waals surface area contributed by atoms with Crippen LogP contribution in [0.2, 0.25) is 0 Å². The molecule has 6 heteroatoms. The lowest BCUT2D eigenvalue weighted by atomic mass is 10.1. The molecule has 2 amide bonds. The first-order valence-electron chi connectivity index (χ1n) is 8.18. The van der Waals surface area contributed by atoms with E-state index in [0.717, 1.165) is 11.3 Å². The van der Waals surface area contributed by atoms with Crippen LogP contribution in [0.1, 0.15) is 17.7 Å². The van der Waals surface area contributed by atoms with E-state index in [1.807, 2.05) is 48.1 Å². The number of amides is 2. The van der Waals surface area contributed by atoms with Crippen molar-refractivity contribution in [2.24, 2.45) is 13.0 Å². The quantitative estimate of drug-likeness (QED) is 0.865. The van der Waals surface area contributed by atoms with Gasteiger partial charge in [-0.1, -0.05) is 30.3 Å². The maximum atomic E-state index is 12.3. The Morgan fingerprint density at radius 3 is 2.83 bits per heavy atom. The summed E-state index contributed by atoms with van der Waals surface area (Å²) < 4.78 is 1.88. The molecule has 3 rings (SSSR count). The molecule has 0 bridgehead atoms. The van der Waals surface area contributed by atoms with Crippen molar-refractivity contribution in [2.45, 2.75) is 19.4 Å². The van der Waals surface area contributed by atoms with Crippen molar-refractivity contribution in [3.63, 3.8) is 0 Å². The first-order chi connectivity index (χ1) is 11.6. The highest BCUT2D eigenvalue weighted by atomic mass is 16.2. The predicted octanol–water partition coefficient (Wildman–Crippen LogP) is 1.13. The van der Waals surface area contributed by atoms with Crippen molar-refractivity contribution in [3.8, 4) is 0 Å². The fraction of sp³-hybridized carbons (Fsp3) is 0.389. The number of aromatic nitrogens is 2. The van der Waals surface area contributed by atoms with Gasteiger partial charge in [0.05, 0.1) is 17.9 Å². The van der Waals surface area contributed by atoms with E-state index in [1.165, 1.54) is 0 Å². The molecule has 0 aliphatic carbocycles. The number of likely N-dealkylation sites (tertiary alicyclic amines) is 1. The van der Waals surface area contributed by atoms with E-state index in [2.05, 4.69) is 10.3 Å². The lowest BCUT2D eigenvalue weighted by molar-refractivity contribution is -0.129. The summed E-state index contributed by atoms with van der Waals surface area (Å²) in [6, 6.07) is 9.85. The highest BCUT2D eigenvalue weighted by molar-refractivity contribution is 5.89. The van der Waals surface area contributed by atoms with Crippen LogP contribution < -0.4 is 5.32 Å². The van der Waals surface area contributed by atoms with Crippen molar-refractivity contribution in [1.29, 1.82) is 0 Å². The maximum Gasteiger partial charge on any atom is 0.225 e. The van der Waals surface area contributed by atoms with E-state index in [-0.39, 0.29) is 17.7 Å². The zero-order chi connectivity index (χ0) is 16.9. The largest absolute Gasteiger partial charge is 0.355 e. The third kappa shape index (κ3) is 4.01. The molecule has 24 heavy (non-hydrogen) atoms. The first-order valence-corrected chi connectivity index (χ1v) is 8.18. The smallest absolute Gasteiger partial charge is 0.225 e.